The summed E-state index contributed by atoms with van der Waals surface area (Å²) >= 11 is 0. The molecule has 0 radical (unpaired) electrons. The van der Waals surface area contributed by atoms with Crippen molar-refractivity contribution < 1.29 is 4.74 Å². The molecule has 1 aromatic rings. The van der Waals surface area contributed by atoms with E-state index in [-0.39, 0.29) is 0 Å². The molecule has 2 rings (SSSR count). The van der Waals surface area contributed by atoms with Crippen molar-refractivity contribution >= 4 is 0 Å². The maximum atomic E-state index is 5.75. The molecule has 0 amide bonds. The molecule has 0 unspecified atom stereocenters. The van der Waals surface area contributed by atoms with Crippen molar-refractivity contribution in [2.75, 3.05) is 45.9 Å². The van der Waals surface area contributed by atoms with Crippen molar-refractivity contribution in [2.24, 2.45) is 0 Å². The summed E-state index contributed by atoms with van der Waals surface area (Å²) in [6.45, 7) is 10.2. The lowest BCUT2D eigenvalue weighted by Crippen LogP contribution is -2.47. The average Bonchev–Trinajstić information content (AvgIpc) is 2.47. The van der Waals surface area contributed by atoms with E-state index in [1.54, 1.807) is 0 Å². The van der Waals surface area contributed by atoms with Gasteiger partial charge in [-0.2, -0.15) is 0 Å². The molecule has 1 saturated heterocycles. The van der Waals surface area contributed by atoms with Crippen molar-refractivity contribution in [3.8, 4) is 5.75 Å². The van der Waals surface area contributed by atoms with Crippen LogP contribution in [-0.4, -0.2) is 55.7 Å². The molecule has 1 aromatic carbocycles. The Morgan fingerprint density at radius 3 is 2.21 bits per heavy atom. The number of unbranched alkanes of at least 4 members (excludes halogenated alkanes) is 1. The zero-order valence-electron chi connectivity index (χ0n) is 12.1. The van der Waals surface area contributed by atoms with E-state index in [9.17, 15) is 0 Å². The van der Waals surface area contributed by atoms with Crippen LogP contribution in [0.25, 0.3) is 0 Å². The number of hydrogen-bond donors (Lipinski definition) is 0. The Morgan fingerprint density at radius 2 is 1.58 bits per heavy atom. The van der Waals surface area contributed by atoms with Gasteiger partial charge in [-0.25, -0.2) is 0 Å². The normalized spacial score (nSPS) is 17.5. The Morgan fingerprint density at radius 1 is 0.947 bits per heavy atom. The topological polar surface area (TPSA) is 15.7 Å². The van der Waals surface area contributed by atoms with Crippen molar-refractivity contribution in [3.05, 3.63) is 30.3 Å². The number of piperazine rings is 1. The van der Waals surface area contributed by atoms with Crippen molar-refractivity contribution in [1.29, 1.82) is 0 Å². The first-order valence-electron chi connectivity index (χ1n) is 7.51. The number of rotatable bonds is 7. The quantitative estimate of drug-likeness (QED) is 0.751. The molecule has 0 aliphatic carbocycles. The van der Waals surface area contributed by atoms with Gasteiger partial charge < -0.3 is 9.64 Å². The third-order valence-electron chi connectivity index (χ3n) is 3.71. The number of benzene rings is 1. The summed E-state index contributed by atoms with van der Waals surface area (Å²) in [5.41, 5.74) is 0. The Labute approximate surface area is 117 Å². The largest absolute Gasteiger partial charge is 0.492 e. The van der Waals surface area contributed by atoms with Crippen LogP contribution in [0.1, 0.15) is 19.8 Å². The number of hydrogen-bond acceptors (Lipinski definition) is 3. The lowest BCUT2D eigenvalue weighted by atomic mass is 10.2. The zero-order chi connectivity index (χ0) is 13.3. The summed E-state index contributed by atoms with van der Waals surface area (Å²) in [7, 11) is 0. The van der Waals surface area contributed by atoms with Crippen LogP contribution in [0.4, 0.5) is 0 Å². The molecule has 3 nitrogen and oxygen atoms in total. The molecule has 19 heavy (non-hydrogen) atoms. The second kappa shape index (κ2) is 8.18. The molecule has 1 aliphatic heterocycles. The Bertz CT molecular complexity index is 334. The maximum Gasteiger partial charge on any atom is 0.119 e. The fourth-order valence-electron chi connectivity index (χ4n) is 2.43. The molecular weight excluding hydrogens is 236 g/mol. The van der Waals surface area contributed by atoms with E-state index < -0.39 is 0 Å². The van der Waals surface area contributed by atoms with E-state index in [1.165, 1.54) is 45.6 Å². The van der Waals surface area contributed by atoms with Crippen LogP contribution in [0.2, 0.25) is 0 Å². The molecule has 0 bridgehead atoms. The number of nitrogens with zero attached hydrogens (tertiary/aromatic N) is 2. The van der Waals surface area contributed by atoms with Gasteiger partial charge in [0.15, 0.2) is 0 Å². The molecule has 3 heteroatoms. The van der Waals surface area contributed by atoms with Gasteiger partial charge in [0, 0.05) is 32.7 Å². The molecule has 1 aliphatic rings. The molecule has 106 valence electrons. The minimum absolute atomic E-state index is 0.791. The summed E-state index contributed by atoms with van der Waals surface area (Å²) < 4.78 is 5.75. The van der Waals surface area contributed by atoms with Crippen molar-refractivity contribution in [3.63, 3.8) is 0 Å². The molecule has 0 saturated carbocycles. The van der Waals surface area contributed by atoms with Gasteiger partial charge in [-0.05, 0) is 25.1 Å². The highest BCUT2D eigenvalue weighted by atomic mass is 16.5. The minimum atomic E-state index is 0.791. The van der Waals surface area contributed by atoms with Crippen LogP contribution in [-0.2, 0) is 0 Å². The van der Waals surface area contributed by atoms with Crippen LogP contribution in [0, 0.1) is 0 Å². The predicted octanol–water partition coefficient (Wildman–Crippen LogP) is 2.48. The monoisotopic (exact) mass is 262 g/mol. The average molecular weight is 262 g/mol. The predicted molar refractivity (Wildman–Crippen MR) is 79.7 cm³/mol. The lowest BCUT2D eigenvalue weighted by Gasteiger charge is -2.34. The van der Waals surface area contributed by atoms with Crippen molar-refractivity contribution in [1.82, 2.24) is 9.80 Å². The second-order valence-corrected chi connectivity index (χ2v) is 5.20. The van der Waals surface area contributed by atoms with Crippen molar-refractivity contribution in [2.45, 2.75) is 19.8 Å². The smallest absolute Gasteiger partial charge is 0.119 e. The van der Waals surface area contributed by atoms with Gasteiger partial charge in [0.25, 0.3) is 0 Å². The van der Waals surface area contributed by atoms with Crippen LogP contribution >= 0.6 is 0 Å². The van der Waals surface area contributed by atoms with Gasteiger partial charge in [0.05, 0.1) is 0 Å². The third kappa shape index (κ3) is 5.21. The summed E-state index contributed by atoms with van der Waals surface area (Å²) in [6, 6.07) is 10.1. The van der Waals surface area contributed by atoms with Gasteiger partial charge in [0.1, 0.15) is 12.4 Å². The van der Waals surface area contributed by atoms with Crippen LogP contribution in [0.5, 0.6) is 5.75 Å². The highest BCUT2D eigenvalue weighted by molar-refractivity contribution is 5.20. The standard InChI is InChI=1S/C16H26N2O/c1-2-3-9-17-10-12-18(13-11-17)14-15-19-16-7-5-4-6-8-16/h4-8H,2-3,9-15H2,1H3. The third-order valence-corrected chi connectivity index (χ3v) is 3.71. The van der Waals surface area contributed by atoms with Gasteiger partial charge in [0.2, 0.25) is 0 Å². The minimum Gasteiger partial charge on any atom is -0.492 e. The highest BCUT2D eigenvalue weighted by Gasteiger charge is 2.15. The maximum absolute atomic E-state index is 5.75. The number of para-hydroxylation sites is 1. The van der Waals surface area contributed by atoms with E-state index >= 15 is 0 Å². The van der Waals surface area contributed by atoms with E-state index in [0.717, 1.165) is 18.9 Å². The lowest BCUT2D eigenvalue weighted by molar-refractivity contribution is 0.116. The van der Waals surface area contributed by atoms with E-state index in [1.807, 2.05) is 30.3 Å². The van der Waals surface area contributed by atoms with Crippen LogP contribution in [0.3, 0.4) is 0 Å². The second-order valence-electron chi connectivity index (χ2n) is 5.20. The van der Waals surface area contributed by atoms with E-state index in [0.29, 0.717) is 0 Å². The van der Waals surface area contributed by atoms with E-state index in [4.69, 9.17) is 4.74 Å². The van der Waals surface area contributed by atoms with E-state index in [2.05, 4.69) is 16.7 Å². The van der Waals surface area contributed by atoms with Gasteiger partial charge in [-0.3, -0.25) is 4.90 Å². The molecular formula is C16H26N2O. The first kappa shape index (κ1) is 14.4. The summed E-state index contributed by atoms with van der Waals surface area (Å²) in [5.74, 6) is 0.976. The fourth-order valence-corrected chi connectivity index (χ4v) is 2.43. The van der Waals surface area contributed by atoms with Crippen LogP contribution in [0.15, 0.2) is 30.3 Å². The first-order valence-corrected chi connectivity index (χ1v) is 7.51. The molecule has 1 fully saturated rings. The number of ether oxygens (including phenoxy) is 1. The summed E-state index contributed by atoms with van der Waals surface area (Å²) in [5, 5.41) is 0. The Balaban J connectivity index is 1.58. The Hall–Kier alpha value is -1.06. The molecule has 0 N–H and O–H groups in total. The SMILES string of the molecule is CCCCN1CCN(CCOc2ccccc2)CC1. The molecule has 0 atom stereocenters. The van der Waals surface area contributed by atoms with Gasteiger partial charge >= 0.3 is 0 Å². The molecule has 0 spiro atoms. The molecule has 0 aromatic heterocycles. The van der Waals surface area contributed by atoms with Gasteiger partial charge in [-0.1, -0.05) is 31.5 Å². The first-order chi connectivity index (χ1) is 9.38. The van der Waals surface area contributed by atoms with Crippen LogP contribution < -0.4 is 4.74 Å². The highest BCUT2D eigenvalue weighted by Crippen LogP contribution is 2.08. The summed E-state index contributed by atoms with van der Waals surface area (Å²) in [4.78, 5) is 5.09. The Kier molecular flexibility index (Phi) is 6.18. The summed E-state index contributed by atoms with van der Waals surface area (Å²) in [6.07, 6.45) is 2.63. The molecule has 1 heterocycles. The zero-order valence-corrected chi connectivity index (χ0v) is 12.1. The van der Waals surface area contributed by atoms with Gasteiger partial charge in [-0.15, -0.1) is 0 Å². The fraction of sp³-hybridized carbons (Fsp3) is 0.625.